The van der Waals surface area contributed by atoms with Gasteiger partial charge in [0.05, 0.1) is 23.2 Å². The zero-order valence-corrected chi connectivity index (χ0v) is 11.2. The molecule has 0 saturated carbocycles. The second kappa shape index (κ2) is 7.41. The maximum Gasteiger partial charge on any atom is 0.338 e. The van der Waals surface area contributed by atoms with E-state index >= 15 is 0 Å². The number of ether oxygens (including phenoxy) is 2. The van der Waals surface area contributed by atoms with Gasteiger partial charge in [0.25, 0.3) is 5.69 Å². The molecule has 1 aromatic carbocycles. The standard InChI is InChI=1S/C12H16N2O6/c1-19-7-8(20-2)6-13-11-9(12(15)16)4-3-5-10(11)14(17)18/h3-5,8,13H,6-7H2,1-2H3,(H,15,16). The Bertz CT molecular complexity index is 459. The van der Waals surface area contributed by atoms with Gasteiger partial charge in [-0.05, 0) is 6.07 Å². The van der Waals surface area contributed by atoms with Crippen molar-refractivity contribution in [2.24, 2.45) is 0 Å². The molecule has 0 aliphatic heterocycles. The van der Waals surface area contributed by atoms with Crippen molar-refractivity contribution in [3.63, 3.8) is 0 Å². The fourth-order valence-electron chi connectivity index (χ4n) is 1.67. The van der Waals surface area contributed by atoms with Gasteiger partial charge in [-0.3, -0.25) is 10.1 Å². The number of hydrogen-bond donors (Lipinski definition) is 2. The molecule has 1 unspecified atom stereocenters. The highest BCUT2D eigenvalue weighted by molar-refractivity contribution is 5.96. The number of methoxy groups -OCH3 is 2. The summed E-state index contributed by atoms with van der Waals surface area (Å²) in [6.45, 7) is 0.474. The van der Waals surface area contributed by atoms with Crippen LogP contribution >= 0.6 is 0 Å². The Kier molecular flexibility index (Phi) is 5.88. The molecule has 0 heterocycles. The molecule has 0 aliphatic carbocycles. The lowest BCUT2D eigenvalue weighted by atomic mass is 10.1. The molecule has 1 aromatic rings. The van der Waals surface area contributed by atoms with E-state index in [1.54, 1.807) is 0 Å². The molecule has 110 valence electrons. The van der Waals surface area contributed by atoms with Crippen molar-refractivity contribution >= 4 is 17.3 Å². The summed E-state index contributed by atoms with van der Waals surface area (Å²) in [5.41, 5.74) is -0.494. The predicted octanol–water partition coefficient (Wildman–Crippen LogP) is 1.37. The minimum absolute atomic E-state index is 0.0387. The van der Waals surface area contributed by atoms with Gasteiger partial charge in [0.1, 0.15) is 5.69 Å². The number of carboxylic acids is 1. The molecule has 8 heteroatoms. The molecule has 0 saturated heterocycles. The van der Waals surface area contributed by atoms with Crippen LogP contribution in [0.2, 0.25) is 0 Å². The van der Waals surface area contributed by atoms with Gasteiger partial charge in [-0.2, -0.15) is 0 Å². The summed E-state index contributed by atoms with van der Waals surface area (Å²) in [5.74, 6) is -1.24. The van der Waals surface area contributed by atoms with Crippen molar-refractivity contribution in [2.75, 3.05) is 32.7 Å². The first-order chi connectivity index (χ1) is 9.51. The van der Waals surface area contributed by atoms with Gasteiger partial charge in [0.2, 0.25) is 0 Å². The van der Waals surface area contributed by atoms with Crippen LogP contribution in [0.5, 0.6) is 0 Å². The Balaban J connectivity index is 3.01. The first-order valence-corrected chi connectivity index (χ1v) is 5.77. The summed E-state index contributed by atoms with van der Waals surface area (Å²) in [5, 5.41) is 22.8. The Labute approximate surface area is 115 Å². The topological polar surface area (TPSA) is 111 Å². The second-order valence-corrected chi connectivity index (χ2v) is 3.96. The fraction of sp³-hybridized carbons (Fsp3) is 0.417. The molecule has 8 nitrogen and oxygen atoms in total. The predicted molar refractivity (Wildman–Crippen MR) is 71.2 cm³/mol. The quantitative estimate of drug-likeness (QED) is 0.547. The third kappa shape index (κ3) is 3.90. The van der Waals surface area contributed by atoms with Gasteiger partial charge in [-0.1, -0.05) is 6.07 Å². The van der Waals surface area contributed by atoms with E-state index in [2.05, 4.69) is 5.32 Å². The summed E-state index contributed by atoms with van der Waals surface area (Å²) in [4.78, 5) is 21.4. The first-order valence-electron chi connectivity index (χ1n) is 5.77. The summed E-state index contributed by atoms with van der Waals surface area (Å²) in [6.07, 6.45) is -0.346. The van der Waals surface area contributed by atoms with Crippen LogP contribution in [0.4, 0.5) is 11.4 Å². The molecule has 0 aliphatic rings. The van der Waals surface area contributed by atoms with E-state index in [1.807, 2.05) is 0 Å². The van der Waals surface area contributed by atoms with Gasteiger partial charge in [-0.15, -0.1) is 0 Å². The highest BCUT2D eigenvalue weighted by Gasteiger charge is 2.22. The normalized spacial score (nSPS) is 11.9. The Morgan fingerprint density at radius 1 is 1.50 bits per heavy atom. The molecule has 20 heavy (non-hydrogen) atoms. The maximum absolute atomic E-state index is 11.1. The second-order valence-electron chi connectivity index (χ2n) is 3.96. The van der Waals surface area contributed by atoms with Crippen molar-refractivity contribution < 1.29 is 24.3 Å². The van der Waals surface area contributed by atoms with Crippen LogP contribution in [0.15, 0.2) is 18.2 Å². The number of anilines is 1. The molecule has 0 spiro atoms. The molecule has 2 N–H and O–H groups in total. The van der Waals surface area contributed by atoms with Gasteiger partial charge in [-0.25, -0.2) is 4.79 Å². The van der Waals surface area contributed by atoms with Crippen LogP contribution in [-0.2, 0) is 9.47 Å². The smallest absolute Gasteiger partial charge is 0.338 e. The van der Waals surface area contributed by atoms with Crippen LogP contribution in [-0.4, -0.2) is 49.5 Å². The number of rotatable bonds is 8. The maximum atomic E-state index is 11.1. The number of aromatic carboxylic acids is 1. The minimum atomic E-state index is -1.24. The van der Waals surface area contributed by atoms with E-state index in [1.165, 1.54) is 32.4 Å². The van der Waals surface area contributed by atoms with Crippen molar-refractivity contribution in [3.8, 4) is 0 Å². The lowest BCUT2D eigenvalue weighted by Crippen LogP contribution is -2.27. The molecular weight excluding hydrogens is 268 g/mol. The first kappa shape index (κ1) is 15.9. The Hall–Kier alpha value is -2.19. The van der Waals surface area contributed by atoms with Crippen LogP contribution in [0.3, 0.4) is 0 Å². The van der Waals surface area contributed by atoms with Gasteiger partial charge in [0.15, 0.2) is 0 Å². The summed E-state index contributed by atoms with van der Waals surface area (Å²) in [6, 6.07) is 3.87. The third-order valence-corrected chi connectivity index (χ3v) is 2.66. The molecule has 0 radical (unpaired) electrons. The van der Waals surface area contributed by atoms with Crippen LogP contribution in [0, 0.1) is 10.1 Å². The number of carboxylic acid groups (broad SMARTS) is 1. The zero-order chi connectivity index (χ0) is 15.1. The van der Waals surface area contributed by atoms with Gasteiger partial charge < -0.3 is 19.9 Å². The molecule has 0 aromatic heterocycles. The van der Waals surface area contributed by atoms with Crippen molar-refractivity contribution in [1.29, 1.82) is 0 Å². The van der Waals surface area contributed by atoms with Crippen molar-refractivity contribution in [1.82, 2.24) is 0 Å². The number of nitro groups is 1. The number of carbonyl (C=O) groups is 1. The number of para-hydroxylation sites is 1. The number of hydrogen-bond acceptors (Lipinski definition) is 6. The molecule has 0 amide bonds. The summed E-state index contributed by atoms with van der Waals surface area (Å²) >= 11 is 0. The van der Waals surface area contributed by atoms with E-state index < -0.39 is 10.9 Å². The highest BCUT2D eigenvalue weighted by Crippen LogP contribution is 2.28. The van der Waals surface area contributed by atoms with E-state index in [4.69, 9.17) is 14.6 Å². The number of nitrogens with one attached hydrogen (secondary N) is 1. The minimum Gasteiger partial charge on any atom is -0.478 e. The Morgan fingerprint density at radius 3 is 2.70 bits per heavy atom. The Morgan fingerprint density at radius 2 is 2.20 bits per heavy atom. The molecule has 1 rings (SSSR count). The van der Waals surface area contributed by atoms with Crippen LogP contribution < -0.4 is 5.32 Å². The average molecular weight is 284 g/mol. The molecule has 0 bridgehead atoms. The fourth-order valence-corrected chi connectivity index (χ4v) is 1.67. The van der Waals surface area contributed by atoms with Crippen molar-refractivity contribution in [3.05, 3.63) is 33.9 Å². The lowest BCUT2D eigenvalue weighted by molar-refractivity contribution is -0.384. The van der Waals surface area contributed by atoms with E-state index in [0.717, 1.165) is 0 Å². The monoisotopic (exact) mass is 284 g/mol. The largest absolute Gasteiger partial charge is 0.478 e. The van der Waals surface area contributed by atoms with Crippen molar-refractivity contribution in [2.45, 2.75) is 6.10 Å². The lowest BCUT2D eigenvalue weighted by Gasteiger charge is -2.16. The summed E-state index contributed by atoms with van der Waals surface area (Å²) in [7, 11) is 2.97. The van der Waals surface area contributed by atoms with Crippen LogP contribution in [0.25, 0.3) is 0 Å². The average Bonchev–Trinajstić information content (AvgIpc) is 2.42. The van der Waals surface area contributed by atoms with E-state index in [0.29, 0.717) is 0 Å². The SMILES string of the molecule is COCC(CNc1c(C(=O)O)cccc1[N+](=O)[O-])OC. The van der Waals surface area contributed by atoms with E-state index in [9.17, 15) is 14.9 Å². The summed E-state index contributed by atoms with van der Waals surface area (Å²) < 4.78 is 10.0. The number of nitro benzene ring substituents is 1. The molecule has 1 atom stereocenters. The third-order valence-electron chi connectivity index (χ3n) is 2.66. The van der Waals surface area contributed by atoms with Crippen LogP contribution in [0.1, 0.15) is 10.4 Å². The van der Waals surface area contributed by atoms with Gasteiger partial charge >= 0.3 is 5.97 Å². The zero-order valence-electron chi connectivity index (χ0n) is 11.2. The molecular formula is C12H16N2O6. The van der Waals surface area contributed by atoms with E-state index in [-0.39, 0.29) is 36.2 Å². The highest BCUT2D eigenvalue weighted by atomic mass is 16.6. The number of benzene rings is 1. The van der Waals surface area contributed by atoms with Gasteiger partial charge in [0, 0.05) is 26.8 Å². The number of nitrogens with zero attached hydrogens (tertiary/aromatic N) is 1. The molecule has 0 fully saturated rings.